The Bertz CT molecular complexity index is 740. The average molecular weight is 347 g/mol. The molecule has 2 aromatic rings. The van der Waals surface area contributed by atoms with Crippen LogP contribution in [0, 0.1) is 12.3 Å². The fourth-order valence-electron chi connectivity index (χ4n) is 2.23. The molecule has 8 heteroatoms. The summed E-state index contributed by atoms with van der Waals surface area (Å²) >= 11 is 0. The molecule has 124 valence electrons. The second-order valence-corrected chi connectivity index (χ2v) is 8.02. The molecule has 0 atom stereocenters. The van der Waals surface area contributed by atoms with Crippen LogP contribution in [-0.4, -0.2) is 28.8 Å². The van der Waals surface area contributed by atoms with Gasteiger partial charge < -0.3 is 0 Å². The normalized spacial score (nSPS) is 12.4. The topological polar surface area (TPSA) is 90.3 Å². The molecule has 0 unspecified atom stereocenters. The molecule has 2 rings (SSSR count). The third-order valence-electron chi connectivity index (χ3n) is 3.78. The molecule has 2 aromatic heterocycles. The summed E-state index contributed by atoms with van der Waals surface area (Å²) < 4.78 is 23.9. The van der Waals surface area contributed by atoms with Gasteiger partial charge in [0.25, 0.3) is 0 Å². The minimum atomic E-state index is -3.40. The smallest absolute Gasteiger partial charge is 0.209 e. The van der Waals surface area contributed by atoms with Gasteiger partial charge in [0.2, 0.25) is 10.0 Å². The highest BCUT2D eigenvalue weighted by Crippen LogP contribution is 2.27. The van der Waals surface area contributed by atoms with E-state index in [1.807, 2.05) is 19.2 Å². The third kappa shape index (κ3) is 5.23. The first-order chi connectivity index (χ1) is 9.66. The Labute approximate surface area is 137 Å². The SMILES string of the molecule is Cc1cc2nccn2nc1CCC(C)(C)CCS(N)(=O)=O.Cl. The Morgan fingerprint density at radius 3 is 2.64 bits per heavy atom. The maximum absolute atomic E-state index is 11.1. The van der Waals surface area contributed by atoms with E-state index < -0.39 is 10.0 Å². The molecule has 6 nitrogen and oxygen atoms in total. The second-order valence-electron chi connectivity index (χ2n) is 6.29. The van der Waals surface area contributed by atoms with Gasteiger partial charge in [0.05, 0.1) is 11.4 Å². The lowest BCUT2D eigenvalue weighted by molar-refractivity contribution is 0.321. The van der Waals surface area contributed by atoms with Crippen LogP contribution in [0.1, 0.15) is 37.9 Å². The summed E-state index contributed by atoms with van der Waals surface area (Å²) in [6, 6.07) is 2.01. The number of fused-ring (bicyclic) bond motifs is 1. The molecule has 0 spiro atoms. The molecule has 0 fully saturated rings. The maximum atomic E-state index is 11.1. The van der Waals surface area contributed by atoms with Crippen molar-refractivity contribution in [3.8, 4) is 0 Å². The van der Waals surface area contributed by atoms with Crippen molar-refractivity contribution in [1.82, 2.24) is 14.6 Å². The van der Waals surface area contributed by atoms with Gasteiger partial charge in [-0.05, 0) is 43.2 Å². The van der Waals surface area contributed by atoms with E-state index in [9.17, 15) is 8.42 Å². The van der Waals surface area contributed by atoms with Crippen molar-refractivity contribution in [3.05, 3.63) is 29.7 Å². The van der Waals surface area contributed by atoms with Crippen LogP contribution in [0.25, 0.3) is 5.65 Å². The lowest BCUT2D eigenvalue weighted by Gasteiger charge is -2.24. The van der Waals surface area contributed by atoms with E-state index in [0.29, 0.717) is 6.42 Å². The summed E-state index contributed by atoms with van der Waals surface area (Å²) in [5, 5.41) is 9.63. The molecule has 0 aliphatic heterocycles. The van der Waals surface area contributed by atoms with Crippen LogP contribution >= 0.6 is 12.4 Å². The number of aryl methyl sites for hydroxylation is 2. The number of primary sulfonamides is 1. The number of halogens is 1. The van der Waals surface area contributed by atoms with E-state index in [2.05, 4.69) is 23.9 Å². The van der Waals surface area contributed by atoms with Gasteiger partial charge in [0.15, 0.2) is 5.65 Å². The zero-order chi connectivity index (χ0) is 15.7. The summed E-state index contributed by atoms with van der Waals surface area (Å²) in [5.74, 6) is 0.0208. The highest BCUT2D eigenvalue weighted by molar-refractivity contribution is 7.89. The minimum Gasteiger partial charge on any atom is -0.236 e. The number of nitrogens with zero attached hydrogens (tertiary/aromatic N) is 3. The molecule has 0 bridgehead atoms. The predicted molar refractivity (Wildman–Crippen MR) is 89.7 cm³/mol. The maximum Gasteiger partial charge on any atom is 0.209 e. The standard InChI is InChI=1S/C14H22N4O2S.ClH/c1-11-10-13-16-7-8-18(13)17-12(11)4-5-14(2,3)6-9-21(15,19)20;/h7-8,10H,4-6,9H2,1-3H3,(H2,15,19,20);1H. The molecule has 0 aromatic carbocycles. The quantitative estimate of drug-likeness (QED) is 0.867. The summed E-state index contributed by atoms with van der Waals surface area (Å²) in [4.78, 5) is 4.21. The Morgan fingerprint density at radius 1 is 1.32 bits per heavy atom. The lowest BCUT2D eigenvalue weighted by atomic mass is 9.84. The van der Waals surface area contributed by atoms with Gasteiger partial charge >= 0.3 is 0 Å². The fourth-order valence-corrected chi connectivity index (χ4v) is 3.07. The first kappa shape index (κ1) is 18.9. The highest BCUT2D eigenvalue weighted by atomic mass is 35.5. The summed E-state index contributed by atoms with van der Waals surface area (Å²) in [6.07, 6.45) is 5.76. The molecule has 0 aliphatic rings. The summed E-state index contributed by atoms with van der Waals surface area (Å²) in [5.41, 5.74) is 2.87. The van der Waals surface area contributed by atoms with Gasteiger partial charge in [0.1, 0.15) is 0 Å². The first-order valence-electron chi connectivity index (χ1n) is 6.97. The van der Waals surface area contributed by atoms with Crippen molar-refractivity contribution in [2.24, 2.45) is 10.6 Å². The zero-order valence-electron chi connectivity index (χ0n) is 13.1. The van der Waals surface area contributed by atoms with Crippen LogP contribution in [0.2, 0.25) is 0 Å². The molecule has 0 aliphatic carbocycles. The van der Waals surface area contributed by atoms with E-state index in [0.717, 1.165) is 29.7 Å². The first-order valence-corrected chi connectivity index (χ1v) is 8.68. The van der Waals surface area contributed by atoms with E-state index >= 15 is 0 Å². The van der Waals surface area contributed by atoms with Crippen molar-refractivity contribution in [2.75, 3.05) is 5.75 Å². The molecule has 2 N–H and O–H groups in total. The van der Waals surface area contributed by atoms with Gasteiger partial charge in [-0.2, -0.15) is 5.10 Å². The fraction of sp³-hybridized carbons (Fsp3) is 0.571. The van der Waals surface area contributed by atoms with E-state index in [-0.39, 0.29) is 23.6 Å². The van der Waals surface area contributed by atoms with Crippen LogP contribution in [-0.2, 0) is 16.4 Å². The Morgan fingerprint density at radius 2 is 2.00 bits per heavy atom. The number of nitrogens with two attached hydrogens (primary N) is 1. The van der Waals surface area contributed by atoms with Crippen molar-refractivity contribution < 1.29 is 8.42 Å². The zero-order valence-corrected chi connectivity index (χ0v) is 14.7. The monoisotopic (exact) mass is 346 g/mol. The molecule has 0 saturated carbocycles. The number of sulfonamides is 1. The van der Waals surface area contributed by atoms with Crippen LogP contribution in [0.3, 0.4) is 0 Å². The van der Waals surface area contributed by atoms with Crippen molar-refractivity contribution in [3.63, 3.8) is 0 Å². The van der Waals surface area contributed by atoms with Gasteiger partial charge in [-0.3, -0.25) is 0 Å². The van der Waals surface area contributed by atoms with Gasteiger partial charge in [-0.25, -0.2) is 23.1 Å². The minimum absolute atomic E-state index is 0. The largest absolute Gasteiger partial charge is 0.236 e. The summed E-state index contributed by atoms with van der Waals surface area (Å²) in [7, 11) is -3.40. The van der Waals surface area contributed by atoms with Gasteiger partial charge in [-0.1, -0.05) is 13.8 Å². The van der Waals surface area contributed by atoms with Crippen LogP contribution in [0.15, 0.2) is 18.5 Å². The van der Waals surface area contributed by atoms with Gasteiger partial charge in [-0.15, -0.1) is 12.4 Å². The number of imidazole rings is 1. The Kier molecular flexibility index (Phi) is 5.95. The molecular formula is C14H23ClN4O2S. The van der Waals surface area contributed by atoms with E-state index in [1.165, 1.54) is 0 Å². The van der Waals surface area contributed by atoms with Gasteiger partial charge in [0, 0.05) is 12.4 Å². The molecule has 0 amide bonds. The Balaban J connectivity index is 0.00000242. The number of rotatable bonds is 6. The molecular weight excluding hydrogens is 324 g/mol. The third-order valence-corrected chi connectivity index (χ3v) is 4.55. The lowest BCUT2D eigenvalue weighted by Crippen LogP contribution is -2.23. The van der Waals surface area contributed by atoms with Crippen LogP contribution in [0.5, 0.6) is 0 Å². The number of aromatic nitrogens is 3. The second kappa shape index (κ2) is 6.93. The van der Waals surface area contributed by atoms with Crippen molar-refractivity contribution >= 4 is 28.1 Å². The van der Waals surface area contributed by atoms with Crippen LogP contribution in [0.4, 0.5) is 0 Å². The van der Waals surface area contributed by atoms with E-state index in [1.54, 1.807) is 10.7 Å². The van der Waals surface area contributed by atoms with Crippen LogP contribution < -0.4 is 5.14 Å². The predicted octanol–water partition coefficient (Wildman–Crippen LogP) is 2.10. The molecule has 0 radical (unpaired) electrons. The molecule has 2 heterocycles. The Hall–Kier alpha value is -1.18. The number of hydrogen-bond donors (Lipinski definition) is 1. The number of hydrogen-bond acceptors (Lipinski definition) is 4. The summed E-state index contributed by atoms with van der Waals surface area (Å²) in [6.45, 7) is 6.14. The van der Waals surface area contributed by atoms with Crippen molar-refractivity contribution in [1.29, 1.82) is 0 Å². The van der Waals surface area contributed by atoms with Crippen molar-refractivity contribution in [2.45, 2.75) is 40.0 Å². The van der Waals surface area contributed by atoms with E-state index in [4.69, 9.17) is 5.14 Å². The molecule has 0 saturated heterocycles. The average Bonchev–Trinajstić information content (AvgIpc) is 2.80. The molecule has 22 heavy (non-hydrogen) atoms. The highest BCUT2D eigenvalue weighted by Gasteiger charge is 2.21.